The third-order valence-electron chi connectivity index (χ3n) is 3.65. The van der Waals surface area contributed by atoms with Gasteiger partial charge in [0.25, 0.3) is 0 Å². The maximum absolute atomic E-state index is 12.6. The fraction of sp³-hybridized carbons (Fsp3) is 0.188. The summed E-state index contributed by atoms with van der Waals surface area (Å²) >= 11 is 0. The molecule has 3 N–H and O–H groups in total. The van der Waals surface area contributed by atoms with E-state index in [1.165, 1.54) is 19.2 Å². The molecule has 0 fully saturated rings. The number of fused-ring (bicyclic) bond motifs is 1. The number of aromatic hydroxyl groups is 3. The van der Waals surface area contributed by atoms with E-state index in [0.29, 0.717) is 11.3 Å². The van der Waals surface area contributed by atoms with Crippen molar-refractivity contribution in [3.63, 3.8) is 0 Å². The largest absolute Gasteiger partial charge is 0.508 e. The van der Waals surface area contributed by atoms with Crippen LogP contribution in [0.3, 0.4) is 0 Å². The summed E-state index contributed by atoms with van der Waals surface area (Å²) in [6.07, 6.45) is 0. The molecule has 0 saturated heterocycles. The smallest absolute Gasteiger partial charge is 0.181 e. The molecule has 6 heteroatoms. The summed E-state index contributed by atoms with van der Waals surface area (Å²) in [6, 6.07) is 6.99. The average Bonchev–Trinajstić information content (AvgIpc) is 2.47. The van der Waals surface area contributed by atoms with E-state index in [-0.39, 0.29) is 41.0 Å². The lowest BCUT2D eigenvalue weighted by molar-refractivity contribution is 0.0890. The molecule has 1 aliphatic rings. The van der Waals surface area contributed by atoms with Gasteiger partial charge in [-0.2, -0.15) is 0 Å². The van der Waals surface area contributed by atoms with Crippen molar-refractivity contribution in [2.45, 2.75) is 5.92 Å². The van der Waals surface area contributed by atoms with Crippen molar-refractivity contribution >= 4 is 5.78 Å². The molecule has 2 aromatic carbocycles. The maximum atomic E-state index is 12.6. The second kappa shape index (κ2) is 5.14. The van der Waals surface area contributed by atoms with Crippen LogP contribution in [0.1, 0.15) is 21.8 Å². The van der Waals surface area contributed by atoms with Crippen LogP contribution in [0, 0.1) is 0 Å². The predicted octanol–water partition coefficient (Wildman–Crippen LogP) is 2.17. The van der Waals surface area contributed by atoms with Crippen molar-refractivity contribution in [3.05, 3.63) is 41.5 Å². The third kappa shape index (κ3) is 2.18. The second-order valence-electron chi connectivity index (χ2n) is 4.99. The lowest BCUT2D eigenvalue weighted by Crippen LogP contribution is -2.26. The summed E-state index contributed by atoms with van der Waals surface area (Å²) in [5, 5.41) is 29.4. The van der Waals surface area contributed by atoms with E-state index in [1.54, 1.807) is 12.1 Å². The Morgan fingerprint density at radius 3 is 2.59 bits per heavy atom. The van der Waals surface area contributed by atoms with Crippen LogP contribution in [-0.4, -0.2) is 34.8 Å². The molecule has 6 nitrogen and oxygen atoms in total. The first kappa shape index (κ1) is 14.1. The van der Waals surface area contributed by atoms with Crippen LogP contribution in [0.15, 0.2) is 30.3 Å². The topological polar surface area (TPSA) is 96.2 Å². The Morgan fingerprint density at radius 1 is 1.14 bits per heavy atom. The number of methoxy groups -OCH3 is 1. The minimum Gasteiger partial charge on any atom is -0.508 e. The predicted molar refractivity (Wildman–Crippen MR) is 77.0 cm³/mol. The van der Waals surface area contributed by atoms with Crippen LogP contribution in [0.2, 0.25) is 0 Å². The summed E-state index contributed by atoms with van der Waals surface area (Å²) in [5.74, 6) is -1.13. The highest BCUT2D eigenvalue weighted by molar-refractivity contribution is 6.06. The zero-order chi connectivity index (χ0) is 15.9. The molecular formula is C16H14O6. The first-order chi connectivity index (χ1) is 10.5. The first-order valence-corrected chi connectivity index (χ1v) is 6.61. The number of phenolic OH excluding ortho intramolecular Hbond substituents is 3. The molecule has 0 bridgehead atoms. The van der Waals surface area contributed by atoms with E-state index < -0.39 is 5.92 Å². The molecule has 0 amide bonds. The van der Waals surface area contributed by atoms with Crippen LogP contribution < -0.4 is 9.47 Å². The van der Waals surface area contributed by atoms with Gasteiger partial charge in [-0.25, -0.2) is 0 Å². The van der Waals surface area contributed by atoms with Crippen LogP contribution in [0.5, 0.6) is 28.7 Å². The van der Waals surface area contributed by atoms with Crippen molar-refractivity contribution in [2.24, 2.45) is 0 Å². The number of hydrogen-bond acceptors (Lipinski definition) is 6. The number of carbonyl (C=O) groups is 1. The number of carbonyl (C=O) groups excluding carboxylic acids is 1. The lowest BCUT2D eigenvalue weighted by atomic mass is 9.88. The summed E-state index contributed by atoms with van der Waals surface area (Å²) in [4.78, 5) is 12.6. The molecule has 0 aliphatic carbocycles. The monoisotopic (exact) mass is 302 g/mol. The fourth-order valence-corrected chi connectivity index (χ4v) is 2.55. The van der Waals surface area contributed by atoms with E-state index in [4.69, 9.17) is 9.47 Å². The summed E-state index contributed by atoms with van der Waals surface area (Å²) in [7, 11) is 1.48. The number of hydrogen-bond donors (Lipinski definition) is 3. The number of phenols is 3. The van der Waals surface area contributed by atoms with E-state index >= 15 is 0 Å². The molecule has 0 unspecified atom stereocenters. The molecule has 1 heterocycles. The molecule has 1 aliphatic heterocycles. The van der Waals surface area contributed by atoms with Gasteiger partial charge in [0.1, 0.15) is 40.9 Å². The van der Waals surface area contributed by atoms with Gasteiger partial charge in [0.15, 0.2) is 5.78 Å². The SMILES string of the molecule is COc1ccc([C@H]2COc3cc(O)cc(O)c3C2=O)c(O)c1. The quantitative estimate of drug-likeness (QED) is 0.787. The summed E-state index contributed by atoms with van der Waals surface area (Å²) in [6.45, 7) is 0.00855. The van der Waals surface area contributed by atoms with Crippen molar-refractivity contribution in [2.75, 3.05) is 13.7 Å². The minimum absolute atomic E-state index is 0.00395. The van der Waals surface area contributed by atoms with Crippen molar-refractivity contribution in [3.8, 4) is 28.7 Å². The third-order valence-corrected chi connectivity index (χ3v) is 3.65. The van der Waals surface area contributed by atoms with E-state index in [0.717, 1.165) is 6.07 Å². The van der Waals surface area contributed by atoms with Crippen LogP contribution in [0.25, 0.3) is 0 Å². The van der Waals surface area contributed by atoms with Gasteiger partial charge in [0.05, 0.1) is 13.0 Å². The standard InChI is InChI=1S/C16H14O6/c1-21-9-2-3-10(12(18)6-9)11-7-22-14-5-8(17)4-13(19)15(14)16(11)20/h2-6,11,17-19H,7H2,1H3/t11-/m1/s1. The minimum atomic E-state index is -0.742. The maximum Gasteiger partial charge on any atom is 0.181 e. The Bertz CT molecular complexity index is 753. The number of Topliss-reactive ketones (excluding diaryl/α,β-unsaturated/α-hetero) is 1. The van der Waals surface area contributed by atoms with E-state index in [9.17, 15) is 20.1 Å². The summed E-state index contributed by atoms with van der Waals surface area (Å²) in [5.41, 5.74) is 0.396. The average molecular weight is 302 g/mol. The van der Waals surface area contributed by atoms with Crippen LogP contribution in [0.4, 0.5) is 0 Å². The number of benzene rings is 2. The Labute approximate surface area is 126 Å². The molecule has 0 spiro atoms. The number of ether oxygens (including phenoxy) is 2. The van der Waals surface area contributed by atoms with E-state index in [2.05, 4.69) is 0 Å². The molecule has 0 radical (unpaired) electrons. The fourth-order valence-electron chi connectivity index (χ4n) is 2.55. The molecule has 1 atom stereocenters. The Morgan fingerprint density at radius 2 is 1.91 bits per heavy atom. The zero-order valence-electron chi connectivity index (χ0n) is 11.7. The van der Waals surface area contributed by atoms with Crippen molar-refractivity contribution < 1.29 is 29.6 Å². The molecule has 22 heavy (non-hydrogen) atoms. The van der Waals surface area contributed by atoms with Crippen molar-refractivity contribution in [1.29, 1.82) is 0 Å². The Kier molecular flexibility index (Phi) is 3.29. The normalized spacial score (nSPS) is 16.8. The van der Waals surface area contributed by atoms with Gasteiger partial charge in [0, 0.05) is 23.8 Å². The van der Waals surface area contributed by atoms with Gasteiger partial charge in [-0.05, 0) is 6.07 Å². The summed E-state index contributed by atoms with van der Waals surface area (Å²) < 4.78 is 10.5. The number of ketones is 1. The molecule has 0 saturated carbocycles. The Balaban J connectivity index is 2.03. The van der Waals surface area contributed by atoms with E-state index in [1.807, 2.05) is 0 Å². The van der Waals surface area contributed by atoms with Gasteiger partial charge in [-0.1, -0.05) is 6.07 Å². The van der Waals surface area contributed by atoms with Gasteiger partial charge in [-0.15, -0.1) is 0 Å². The van der Waals surface area contributed by atoms with Gasteiger partial charge >= 0.3 is 0 Å². The molecule has 2 aromatic rings. The van der Waals surface area contributed by atoms with Gasteiger partial charge < -0.3 is 24.8 Å². The van der Waals surface area contributed by atoms with Crippen LogP contribution >= 0.6 is 0 Å². The highest BCUT2D eigenvalue weighted by Gasteiger charge is 2.34. The van der Waals surface area contributed by atoms with Gasteiger partial charge in [0.2, 0.25) is 0 Å². The second-order valence-corrected chi connectivity index (χ2v) is 4.99. The molecule has 0 aromatic heterocycles. The van der Waals surface area contributed by atoms with Gasteiger partial charge in [-0.3, -0.25) is 4.79 Å². The number of rotatable bonds is 2. The highest BCUT2D eigenvalue weighted by Crippen LogP contribution is 2.42. The molecular weight excluding hydrogens is 288 g/mol. The highest BCUT2D eigenvalue weighted by atomic mass is 16.5. The van der Waals surface area contributed by atoms with Crippen LogP contribution in [-0.2, 0) is 0 Å². The molecule has 3 rings (SSSR count). The Hall–Kier alpha value is -2.89. The lowest BCUT2D eigenvalue weighted by Gasteiger charge is -2.25. The first-order valence-electron chi connectivity index (χ1n) is 6.61. The zero-order valence-corrected chi connectivity index (χ0v) is 11.7. The molecule has 114 valence electrons. The van der Waals surface area contributed by atoms with Crippen molar-refractivity contribution in [1.82, 2.24) is 0 Å².